The average molecular weight is 253 g/mol. The largest absolute Gasteiger partial charge is 0.362 e. The second kappa shape index (κ2) is 8.23. The number of nitrogens with one attached hydrogen (secondary N) is 2. The Labute approximate surface area is 110 Å². The maximum Gasteiger partial charge on any atom is 0.186 e. The first-order chi connectivity index (χ1) is 8.27. The lowest BCUT2D eigenvalue weighted by molar-refractivity contribution is 0.722. The number of thiocarbonyl (C=S) groups is 1. The number of hydrogen-bond donors (Lipinski definition) is 2. The van der Waals surface area contributed by atoms with E-state index in [0.29, 0.717) is 5.11 Å². The van der Waals surface area contributed by atoms with Crippen LogP contribution in [0.4, 0.5) is 0 Å². The van der Waals surface area contributed by atoms with Gasteiger partial charge in [0.1, 0.15) is 0 Å². The van der Waals surface area contributed by atoms with Crippen molar-refractivity contribution < 1.29 is 0 Å². The number of hydrazone groups is 1. The van der Waals surface area contributed by atoms with Crippen LogP contribution in [0.2, 0.25) is 0 Å². The minimum absolute atomic E-state index is 0.611. The molecule has 0 bridgehead atoms. The molecule has 0 amide bonds. The highest BCUT2D eigenvalue weighted by atomic mass is 32.1. The molecule has 96 valence electrons. The standard InChI is InChI=1S/C13H23N3S/c1-3-5-6-8-11-9-7-10-12(11)15-16-13(17)14-4-2/h9H,3-8,10H2,1-2H3,(H2,14,16,17)/b15-12-. The highest BCUT2D eigenvalue weighted by Crippen LogP contribution is 2.20. The Kier molecular flexibility index (Phi) is 6.86. The third kappa shape index (κ3) is 5.31. The molecule has 2 N–H and O–H groups in total. The van der Waals surface area contributed by atoms with E-state index >= 15 is 0 Å². The molecule has 0 spiro atoms. The summed E-state index contributed by atoms with van der Waals surface area (Å²) < 4.78 is 0. The molecule has 1 rings (SSSR count). The fourth-order valence-electron chi connectivity index (χ4n) is 1.92. The lowest BCUT2D eigenvalue weighted by Crippen LogP contribution is -2.32. The number of unbranched alkanes of at least 4 members (excludes halogenated alkanes) is 2. The molecular weight excluding hydrogens is 230 g/mol. The smallest absolute Gasteiger partial charge is 0.186 e. The van der Waals surface area contributed by atoms with E-state index in [-0.39, 0.29) is 0 Å². The minimum atomic E-state index is 0.611. The lowest BCUT2D eigenvalue weighted by Gasteiger charge is -2.07. The van der Waals surface area contributed by atoms with E-state index in [1.54, 1.807) is 0 Å². The zero-order valence-electron chi connectivity index (χ0n) is 10.9. The van der Waals surface area contributed by atoms with Crippen LogP contribution in [0.5, 0.6) is 0 Å². The van der Waals surface area contributed by atoms with Gasteiger partial charge >= 0.3 is 0 Å². The molecule has 0 aromatic rings. The fraction of sp³-hybridized carbons (Fsp3) is 0.692. The number of hydrogen-bond acceptors (Lipinski definition) is 2. The molecule has 0 aliphatic heterocycles. The minimum Gasteiger partial charge on any atom is -0.362 e. The third-order valence-corrected chi connectivity index (χ3v) is 3.06. The average Bonchev–Trinajstić information content (AvgIpc) is 2.75. The maximum atomic E-state index is 5.08. The Balaban J connectivity index is 2.39. The van der Waals surface area contributed by atoms with Gasteiger partial charge in [0.15, 0.2) is 5.11 Å². The van der Waals surface area contributed by atoms with Crippen LogP contribution in [0.25, 0.3) is 0 Å². The van der Waals surface area contributed by atoms with Gasteiger partial charge in [-0.05, 0) is 50.4 Å². The second-order valence-electron chi connectivity index (χ2n) is 4.25. The van der Waals surface area contributed by atoms with Gasteiger partial charge in [-0.1, -0.05) is 25.8 Å². The SMILES string of the molecule is CCCCCC1=CCC/C1=N/NC(=S)NCC. The Bertz CT molecular complexity index is 308. The summed E-state index contributed by atoms with van der Waals surface area (Å²) in [6, 6.07) is 0. The lowest BCUT2D eigenvalue weighted by atomic mass is 10.1. The van der Waals surface area contributed by atoms with Crippen molar-refractivity contribution in [1.29, 1.82) is 0 Å². The summed E-state index contributed by atoms with van der Waals surface area (Å²) >= 11 is 5.08. The number of nitrogens with zero attached hydrogens (tertiary/aromatic N) is 1. The van der Waals surface area contributed by atoms with E-state index in [2.05, 4.69) is 28.8 Å². The van der Waals surface area contributed by atoms with E-state index in [9.17, 15) is 0 Å². The highest BCUT2D eigenvalue weighted by molar-refractivity contribution is 7.80. The molecular formula is C13H23N3S. The van der Waals surface area contributed by atoms with Crippen LogP contribution >= 0.6 is 12.2 Å². The first-order valence-electron chi connectivity index (χ1n) is 6.57. The van der Waals surface area contributed by atoms with Crippen molar-refractivity contribution in [2.24, 2.45) is 5.10 Å². The van der Waals surface area contributed by atoms with E-state index in [1.165, 1.54) is 30.5 Å². The van der Waals surface area contributed by atoms with Crippen molar-refractivity contribution in [3.8, 4) is 0 Å². The summed E-state index contributed by atoms with van der Waals surface area (Å²) in [7, 11) is 0. The first kappa shape index (κ1) is 14.2. The summed E-state index contributed by atoms with van der Waals surface area (Å²) in [5.41, 5.74) is 5.50. The van der Waals surface area contributed by atoms with Gasteiger partial charge < -0.3 is 5.32 Å². The first-order valence-corrected chi connectivity index (χ1v) is 6.98. The molecule has 0 saturated heterocycles. The van der Waals surface area contributed by atoms with Crippen LogP contribution in [0.15, 0.2) is 16.8 Å². The van der Waals surface area contributed by atoms with Gasteiger partial charge in [-0.25, -0.2) is 0 Å². The molecule has 3 nitrogen and oxygen atoms in total. The van der Waals surface area contributed by atoms with Crippen LogP contribution in [-0.2, 0) is 0 Å². The summed E-state index contributed by atoms with van der Waals surface area (Å²) in [5, 5.41) is 8.04. The Hall–Kier alpha value is -0.900. The van der Waals surface area contributed by atoms with E-state index in [4.69, 9.17) is 12.2 Å². The van der Waals surface area contributed by atoms with Gasteiger partial charge in [0.05, 0.1) is 5.71 Å². The molecule has 0 saturated carbocycles. The van der Waals surface area contributed by atoms with Crippen molar-refractivity contribution in [3.05, 3.63) is 11.6 Å². The van der Waals surface area contributed by atoms with Gasteiger partial charge in [0.25, 0.3) is 0 Å². The van der Waals surface area contributed by atoms with Gasteiger partial charge in [-0.3, -0.25) is 5.43 Å². The van der Waals surface area contributed by atoms with Crippen molar-refractivity contribution in [2.45, 2.75) is 52.4 Å². The van der Waals surface area contributed by atoms with Gasteiger partial charge in [0.2, 0.25) is 0 Å². The van der Waals surface area contributed by atoms with Crippen molar-refractivity contribution in [2.75, 3.05) is 6.54 Å². The monoisotopic (exact) mass is 253 g/mol. The van der Waals surface area contributed by atoms with Crippen LogP contribution in [-0.4, -0.2) is 17.4 Å². The zero-order chi connectivity index (χ0) is 12.5. The number of rotatable bonds is 6. The van der Waals surface area contributed by atoms with E-state index in [1.807, 2.05) is 6.92 Å². The topological polar surface area (TPSA) is 36.4 Å². The molecule has 0 atom stereocenters. The van der Waals surface area contributed by atoms with Crippen molar-refractivity contribution in [3.63, 3.8) is 0 Å². The van der Waals surface area contributed by atoms with Crippen LogP contribution < -0.4 is 10.7 Å². The zero-order valence-corrected chi connectivity index (χ0v) is 11.7. The quantitative estimate of drug-likeness (QED) is 0.434. The predicted octanol–water partition coefficient (Wildman–Crippen LogP) is 3.13. The summed E-state index contributed by atoms with van der Waals surface area (Å²) in [6.07, 6.45) is 9.46. The second-order valence-corrected chi connectivity index (χ2v) is 4.66. The molecule has 17 heavy (non-hydrogen) atoms. The third-order valence-electron chi connectivity index (χ3n) is 2.82. The maximum absolute atomic E-state index is 5.08. The molecule has 0 heterocycles. The number of allylic oxidation sites excluding steroid dienone is 2. The van der Waals surface area contributed by atoms with E-state index in [0.717, 1.165) is 25.8 Å². The molecule has 0 radical (unpaired) electrons. The van der Waals surface area contributed by atoms with Crippen molar-refractivity contribution in [1.82, 2.24) is 10.7 Å². The van der Waals surface area contributed by atoms with Crippen LogP contribution in [0.3, 0.4) is 0 Å². The fourth-order valence-corrected chi connectivity index (χ4v) is 2.11. The summed E-state index contributed by atoms with van der Waals surface area (Å²) in [4.78, 5) is 0. The molecule has 0 aromatic heterocycles. The summed E-state index contributed by atoms with van der Waals surface area (Å²) in [5.74, 6) is 0. The molecule has 1 aliphatic rings. The highest BCUT2D eigenvalue weighted by Gasteiger charge is 2.12. The predicted molar refractivity (Wildman–Crippen MR) is 78.3 cm³/mol. The Morgan fingerprint density at radius 2 is 2.24 bits per heavy atom. The molecule has 0 fully saturated rings. The molecule has 0 aromatic carbocycles. The van der Waals surface area contributed by atoms with Crippen molar-refractivity contribution >= 4 is 23.0 Å². The van der Waals surface area contributed by atoms with Gasteiger partial charge in [0, 0.05) is 6.54 Å². The molecule has 0 unspecified atom stereocenters. The van der Waals surface area contributed by atoms with Crippen LogP contribution in [0.1, 0.15) is 52.4 Å². The van der Waals surface area contributed by atoms with E-state index < -0.39 is 0 Å². The Morgan fingerprint density at radius 3 is 2.94 bits per heavy atom. The molecule has 1 aliphatic carbocycles. The molecule has 4 heteroatoms. The van der Waals surface area contributed by atoms with Gasteiger partial charge in [-0.2, -0.15) is 5.10 Å². The van der Waals surface area contributed by atoms with Crippen LogP contribution in [0, 0.1) is 0 Å². The normalized spacial score (nSPS) is 17.1. The van der Waals surface area contributed by atoms with Gasteiger partial charge in [-0.15, -0.1) is 0 Å². The summed E-state index contributed by atoms with van der Waals surface area (Å²) in [6.45, 7) is 5.08. The Morgan fingerprint density at radius 1 is 1.41 bits per heavy atom.